The van der Waals surface area contributed by atoms with Gasteiger partial charge >= 0.3 is 0 Å². The van der Waals surface area contributed by atoms with Crippen LogP contribution >= 0.6 is 0 Å². The molecule has 1 N–H and O–H groups in total. The monoisotopic (exact) mass is 727 g/mol. The smallest absolute Gasteiger partial charge is 0.146 e. The Labute approximate surface area is 323 Å². The number of fused-ring (bicyclic) bond motifs is 9. The molecular formula is C50H37N3O3. The van der Waals surface area contributed by atoms with Gasteiger partial charge in [-0.25, -0.2) is 9.97 Å². The minimum absolute atomic E-state index is 0.232. The second-order valence-electron chi connectivity index (χ2n) is 16.0. The van der Waals surface area contributed by atoms with Crippen molar-refractivity contribution >= 4 is 43.9 Å². The molecule has 4 aromatic heterocycles. The molecule has 0 unspecified atom stereocenters. The predicted molar refractivity (Wildman–Crippen MR) is 225 cm³/mol. The zero-order valence-electron chi connectivity index (χ0n) is 31.5. The van der Waals surface area contributed by atoms with Crippen LogP contribution in [0.5, 0.6) is 5.75 Å². The van der Waals surface area contributed by atoms with E-state index in [0.717, 1.165) is 94.5 Å². The molecule has 11 rings (SSSR count). The molecule has 270 valence electrons. The third-order valence-electron chi connectivity index (χ3n) is 12.5. The highest BCUT2D eigenvalue weighted by Gasteiger charge is 2.47. The third kappa shape index (κ3) is 4.56. The van der Waals surface area contributed by atoms with Crippen LogP contribution in [-0.2, 0) is 10.8 Å². The standard InChI is InChI=1S/C50H37N3O3/c1-49(2)36-16-11-17-40(54)46(36)47-37(50(49,3)4)23-24-38(51-47)39-28-53(31-21-22-33-32-14-8-9-18-41(32)56-44(33)27-31)48(52-39)34-15-10-19-43-45(34)35-26-30(20-25-42(35)55-43)29-12-6-5-7-13-29/h5-28,54H,1-4H3. The van der Waals surface area contributed by atoms with Gasteiger partial charge in [0.25, 0.3) is 0 Å². The summed E-state index contributed by atoms with van der Waals surface area (Å²) >= 11 is 0. The molecule has 0 amide bonds. The Hall–Kier alpha value is -6.92. The van der Waals surface area contributed by atoms with Crippen LogP contribution in [0.25, 0.3) is 94.7 Å². The fourth-order valence-corrected chi connectivity index (χ4v) is 8.86. The van der Waals surface area contributed by atoms with E-state index in [-0.39, 0.29) is 16.6 Å². The van der Waals surface area contributed by atoms with Gasteiger partial charge in [0.1, 0.15) is 39.6 Å². The third-order valence-corrected chi connectivity index (χ3v) is 12.5. The second kappa shape index (κ2) is 11.5. The maximum absolute atomic E-state index is 11.3. The van der Waals surface area contributed by atoms with E-state index < -0.39 is 0 Å². The molecule has 1 aliphatic carbocycles. The van der Waals surface area contributed by atoms with E-state index in [4.69, 9.17) is 18.8 Å². The van der Waals surface area contributed by atoms with Gasteiger partial charge in [-0.3, -0.25) is 4.57 Å². The van der Waals surface area contributed by atoms with Gasteiger partial charge in [-0.2, -0.15) is 0 Å². The molecule has 4 heterocycles. The summed E-state index contributed by atoms with van der Waals surface area (Å²) in [6, 6.07) is 47.5. The van der Waals surface area contributed by atoms with Crippen LogP contribution < -0.4 is 0 Å². The van der Waals surface area contributed by atoms with E-state index >= 15 is 0 Å². The first-order chi connectivity index (χ1) is 27.2. The molecule has 6 heteroatoms. The number of benzene rings is 6. The molecule has 0 aliphatic heterocycles. The minimum atomic E-state index is -0.252. The molecule has 0 bridgehead atoms. The van der Waals surface area contributed by atoms with Crippen molar-refractivity contribution in [2.24, 2.45) is 0 Å². The summed E-state index contributed by atoms with van der Waals surface area (Å²) in [4.78, 5) is 10.8. The molecule has 10 aromatic rings. The Morgan fingerprint density at radius 2 is 1.27 bits per heavy atom. The number of phenolic OH excluding ortho intramolecular Hbond substituents is 1. The van der Waals surface area contributed by atoms with Gasteiger partial charge in [-0.1, -0.05) is 113 Å². The number of hydrogen-bond acceptors (Lipinski definition) is 5. The molecular weight excluding hydrogens is 691 g/mol. The van der Waals surface area contributed by atoms with Crippen LogP contribution in [0.1, 0.15) is 38.8 Å². The van der Waals surface area contributed by atoms with Crippen LogP contribution in [0.3, 0.4) is 0 Å². The van der Waals surface area contributed by atoms with Gasteiger partial charge in [-0.05, 0) is 76.2 Å². The van der Waals surface area contributed by atoms with E-state index in [0.29, 0.717) is 11.4 Å². The van der Waals surface area contributed by atoms with Crippen molar-refractivity contribution in [2.75, 3.05) is 0 Å². The first-order valence-electron chi connectivity index (χ1n) is 19.0. The highest BCUT2D eigenvalue weighted by molar-refractivity contribution is 6.13. The lowest BCUT2D eigenvalue weighted by Crippen LogP contribution is -2.43. The number of phenols is 1. The molecule has 0 spiro atoms. The van der Waals surface area contributed by atoms with Crippen molar-refractivity contribution in [3.05, 3.63) is 157 Å². The number of aromatic nitrogens is 3. The number of hydrogen-bond donors (Lipinski definition) is 1. The molecule has 6 nitrogen and oxygen atoms in total. The Bertz CT molecular complexity index is 3220. The van der Waals surface area contributed by atoms with Gasteiger partial charge in [0.05, 0.1) is 17.1 Å². The number of nitrogens with zero attached hydrogens (tertiary/aromatic N) is 3. The molecule has 6 aromatic carbocycles. The van der Waals surface area contributed by atoms with E-state index in [1.165, 1.54) is 0 Å². The van der Waals surface area contributed by atoms with Crippen LogP contribution in [0.2, 0.25) is 0 Å². The predicted octanol–water partition coefficient (Wildman–Crippen LogP) is 13.0. The summed E-state index contributed by atoms with van der Waals surface area (Å²) in [5.41, 5.74) is 12.0. The number of rotatable bonds is 4. The molecule has 0 saturated heterocycles. The summed E-state index contributed by atoms with van der Waals surface area (Å²) in [6.07, 6.45) is 2.06. The van der Waals surface area contributed by atoms with Crippen molar-refractivity contribution in [3.63, 3.8) is 0 Å². The van der Waals surface area contributed by atoms with Gasteiger partial charge in [0, 0.05) is 50.4 Å². The maximum atomic E-state index is 11.3. The highest BCUT2D eigenvalue weighted by atomic mass is 16.3. The zero-order chi connectivity index (χ0) is 37.9. The lowest BCUT2D eigenvalue weighted by Gasteiger charge is -2.47. The van der Waals surface area contributed by atoms with Crippen molar-refractivity contribution < 1.29 is 13.9 Å². The Kier molecular flexibility index (Phi) is 6.70. The Morgan fingerprint density at radius 3 is 2.14 bits per heavy atom. The summed E-state index contributed by atoms with van der Waals surface area (Å²) < 4.78 is 15.0. The van der Waals surface area contributed by atoms with E-state index in [9.17, 15) is 5.11 Å². The molecule has 1 aliphatic rings. The van der Waals surface area contributed by atoms with E-state index in [1.807, 2.05) is 42.5 Å². The van der Waals surface area contributed by atoms with Crippen molar-refractivity contribution in [2.45, 2.75) is 38.5 Å². The van der Waals surface area contributed by atoms with Gasteiger partial charge in [0.2, 0.25) is 0 Å². The SMILES string of the molecule is CC1(C)c2ccc(-c3cn(-c4ccc5c(c4)oc4ccccc45)c(-c4cccc5oc6ccc(-c7ccccc7)cc6c45)n3)nc2-c2c(O)cccc2C1(C)C. The first-order valence-corrected chi connectivity index (χ1v) is 19.0. The van der Waals surface area contributed by atoms with E-state index in [2.05, 4.69) is 129 Å². The van der Waals surface area contributed by atoms with Gasteiger partial charge in [-0.15, -0.1) is 0 Å². The number of para-hydroxylation sites is 1. The fourth-order valence-electron chi connectivity index (χ4n) is 8.86. The number of pyridine rings is 1. The molecule has 0 atom stereocenters. The lowest BCUT2D eigenvalue weighted by molar-refractivity contribution is 0.296. The van der Waals surface area contributed by atoms with Crippen LogP contribution in [0.15, 0.2) is 155 Å². The van der Waals surface area contributed by atoms with Crippen molar-refractivity contribution in [1.29, 1.82) is 0 Å². The maximum Gasteiger partial charge on any atom is 0.146 e. The van der Waals surface area contributed by atoms with Crippen molar-refractivity contribution in [3.8, 4) is 56.6 Å². The summed E-state index contributed by atoms with van der Waals surface area (Å²) in [6.45, 7) is 9.02. The van der Waals surface area contributed by atoms with Crippen LogP contribution in [0.4, 0.5) is 0 Å². The summed E-state index contributed by atoms with van der Waals surface area (Å²) in [5, 5.41) is 15.5. The molecule has 0 radical (unpaired) electrons. The first kappa shape index (κ1) is 32.5. The summed E-state index contributed by atoms with van der Waals surface area (Å²) in [5.74, 6) is 0.980. The Balaban J connectivity index is 1.16. The molecule has 0 fully saturated rings. The quantitative estimate of drug-likeness (QED) is 0.195. The van der Waals surface area contributed by atoms with Gasteiger partial charge in [0.15, 0.2) is 0 Å². The largest absolute Gasteiger partial charge is 0.507 e. The number of imidazole rings is 1. The zero-order valence-corrected chi connectivity index (χ0v) is 31.5. The van der Waals surface area contributed by atoms with Crippen molar-refractivity contribution in [1.82, 2.24) is 14.5 Å². The number of aromatic hydroxyl groups is 1. The van der Waals surface area contributed by atoms with Gasteiger partial charge < -0.3 is 13.9 Å². The normalized spacial score (nSPS) is 14.4. The van der Waals surface area contributed by atoms with Crippen LogP contribution in [-0.4, -0.2) is 19.6 Å². The molecule has 0 saturated carbocycles. The number of furan rings is 2. The second-order valence-corrected chi connectivity index (χ2v) is 16.0. The van der Waals surface area contributed by atoms with Crippen LogP contribution in [0, 0.1) is 0 Å². The highest BCUT2D eigenvalue weighted by Crippen LogP contribution is 2.55. The molecule has 56 heavy (non-hydrogen) atoms. The fraction of sp³-hybridized carbons (Fsp3) is 0.120. The lowest BCUT2D eigenvalue weighted by atomic mass is 9.56. The Morgan fingerprint density at radius 1 is 0.536 bits per heavy atom. The minimum Gasteiger partial charge on any atom is -0.507 e. The average molecular weight is 728 g/mol. The summed E-state index contributed by atoms with van der Waals surface area (Å²) in [7, 11) is 0. The van der Waals surface area contributed by atoms with E-state index in [1.54, 1.807) is 6.07 Å². The topological polar surface area (TPSA) is 77.2 Å². The average Bonchev–Trinajstić information content (AvgIpc) is 3.93.